The third-order valence-electron chi connectivity index (χ3n) is 6.01. The van der Waals surface area contributed by atoms with Gasteiger partial charge < -0.3 is 14.8 Å². The van der Waals surface area contributed by atoms with Gasteiger partial charge in [0, 0.05) is 24.0 Å². The highest BCUT2D eigenvalue weighted by Gasteiger charge is 2.42. The van der Waals surface area contributed by atoms with Gasteiger partial charge in [-0.1, -0.05) is 42.5 Å². The van der Waals surface area contributed by atoms with E-state index >= 15 is 0 Å². The summed E-state index contributed by atoms with van der Waals surface area (Å²) in [5.74, 6) is 0.921. The molecular weight excluding hydrogens is 334 g/mol. The molecule has 0 radical (unpaired) electrons. The Labute approximate surface area is 164 Å². The molecule has 0 bridgehead atoms. The van der Waals surface area contributed by atoms with Crippen molar-refractivity contribution in [2.75, 3.05) is 20.3 Å². The Morgan fingerprint density at radius 2 is 1.78 bits per heavy atom. The molecule has 3 nitrogen and oxygen atoms in total. The zero-order valence-corrected chi connectivity index (χ0v) is 17.2. The first-order valence-electron chi connectivity index (χ1n) is 10.1. The Hall–Kier alpha value is -1.84. The van der Waals surface area contributed by atoms with E-state index in [0.717, 1.165) is 38.2 Å². The molecule has 1 aliphatic heterocycles. The third-order valence-corrected chi connectivity index (χ3v) is 6.01. The molecule has 2 aromatic rings. The Balaban J connectivity index is 1.74. The minimum absolute atomic E-state index is 0.0801. The summed E-state index contributed by atoms with van der Waals surface area (Å²) >= 11 is 0. The second-order valence-corrected chi connectivity index (χ2v) is 8.52. The van der Waals surface area contributed by atoms with Crippen molar-refractivity contribution in [1.29, 1.82) is 0 Å². The fourth-order valence-corrected chi connectivity index (χ4v) is 4.53. The number of quaternary nitrogens is 1. The zero-order valence-electron chi connectivity index (χ0n) is 17.2. The lowest BCUT2D eigenvalue weighted by Gasteiger charge is -2.45. The number of benzene rings is 2. The van der Waals surface area contributed by atoms with Gasteiger partial charge in [0.2, 0.25) is 0 Å². The van der Waals surface area contributed by atoms with Crippen LogP contribution >= 0.6 is 0 Å². The predicted molar refractivity (Wildman–Crippen MR) is 110 cm³/mol. The van der Waals surface area contributed by atoms with Crippen molar-refractivity contribution in [1.82, 2.24) is 0 Å². The van der Waals surface area contributed by atoms with Crippen LogP contribution in [0.1, 0.15) is 57.2 Å². The van der Waals surface area contributed by atoms with Crippen molar-refractivity contribution in [2.45, 2.75) is 57.1 Å². The maximum Gasteiger partial charge on any atom is 0.118 e. The summed E-state index contributed by atoms with van der Waals surface area (Å²) < 4.78 is 11.4. The molecule has 2 aromatic carbocycles. The first kappa shape index (κ1) is 19.9. The van der Waals surface area contributed by atoms with Gasteiger partial charge in [-0.05, 0) is 51.3 Å². The summed E-state index contributed by atoms with van der Waals surface area (Å²) in [5.41, 5.74) is 2.90. The first-order valence-corrected chi connectivity index (χ1v) is 10.1. The van der Waals surface area contributed by atoms with Crippen LogP contribution in [0.5, 0.6) is 5.75 Å². The Kier molecular flexibility index (Phi) is 6.23. The lowest BCUT2D eigenvalue weighted by Crippen LogP contribution is -2.85. The lowest BCUT2D eigenvalue weighted by atomic mass is 9.67. The molecular formula is C24H34NO2+. The van der Waals surface area contributed by atoms with E-state index in [0.29, 0.717) is 6.04 Å². The summed E-state index contributed by atoms with van der Waals surface area (Å²) in [7, 11) is 1.72. The van der Waals surface area contributed by atoms with Crippen molar-refractivity contribution in [2.24, 2.45) is 0 Å². The van der Waals surface area contributed by atoms with Gasteiger partial charge in [0.05, 0.1) is 19.3 Å². The van der Waals surface area contributed by atoms with Crippen LogP contribution in [-0.4, -0.2) is 25.9 Å². The maximum atomic E-state index is 6.05. The summed E-state index contributed by atoms with van der Waals surface area (Å²) in [6.45, 7) is 8.68. The van der Waals surface area contributed by atoms with E-state index in [9.17, 15) is 0 Å². The molecule has 1 fully saturated rings. The van der Waals surface area contributed by atoms with Crippen molar-refractivity contribution < 1.29 is 14.8 Å². The average molecular weight is 369 g/mol. The second kappa shape index (κ2) is 8.45. The fourth-order valence-electron chi connectivity index (χ4n) is 4.53. The molecule has 2 N–H and O–H groups in total. The van der Waals surface area contributed by atoms with Crippen LogP contribution in [0.25, 0.3) is 0 Å². The maximum absolute atomic E-state index is 6.05. The van der Waals surface area contributed by atoms with Gasteiger partial charge in [-0.15, -0.1) is 0 Å². The third kappa shape index (κ3) is 4.91. The van der Waals surface area contributed by atoms with Crippen LogP contribution in [0.2, 0.25) is 0 Å². The summed E-state index contributed by atoms with van der Waals surface area (Å²) in [4.78, 5) is 0. The monoisotopic (exact) mass is 368 g/mol. The predicted octanol–water partition coefficient (Wildman–Crippen LogP) is 4.24. The molecule has 1 saturated heterocycles. The van der Waals surface area contributed by atoms with E-state index in [1.165, 1.54) is 11.1 Å². The van der Waals surface area contributed by atoms with Crippen LogP contribution in [0, 0.1) is 0 Å². The SMILES string of the molecule is COc1ccc([C@@]2(CC[NH2+][C@H](C)c3ccccc3)CCOC(C)(C)C2)cc1. The molecule has 1 aliphatic rings. The Morgan fingerprint density at radius 3 is 2.41 bits per heavy atom. The van der Waals surface area contributed by atoms with Gasteiger partial charge in [-0.2, -0.15) is 0 Å². The summed E-state index contributed by atoms with van der Waals surface area (Å²) in [6, 6.07) is 19.9. The van der Waals surface area contributed by atoms with E-state index in [1.54, 1.807) is 7.11 Å². The number of ether oxygens (including phenoxy) is 2. The van der Waals surface area contributed by atoms with Crippen LogP contribution < -0.4 is 10.1 Å². The molecule has 0 aromatic heterocycles. The summed E-state index contributed by atoms with van der Waals surface area (Å²) in [6.07, 6.45) is 3.29. The van der Waals surface area contributed by atoms with E-state index in [-0.39, 0.29) is 11.0 Å². The molecule has 2 atom stereocenters. The normalized spacial score (nSPS) is 23.0. The number of hydrogen-bond acceptors (Lipinski definition) is 2. The number of hydrogen-bond donors (Lipinski definition) is 1. The molecule has 3 rings (SSSR count). The molecule has 3 heteroatoms. The topological polar surface area (TPSA) is 35.1 Å². The van der Waals surface area contributed by atoms with Gasteiger partial charge >= 0.3 is 0 Å². The lowest BCUT2D eigenvalue weighted by molar-refractivity contribution is -0.693. The van der Waals surface area contributed by atoms with Gasteiger partial charge in [-0.3, -0.25) is 0 Å². The molecule has 1 heterocycles. The average Bonchev–Trinajstić information content (AvgIpc) is 2.68. The molecule has 27 heavy (non-hydrogen) atoms. The van der Waals surface area contributed by atoms with E-state index in [2.05, 4.69) is 80.7 Å². The smallest absolute Gasteiger partial charge is 0.118 e. The largest absolute Gasteiger partial charge is 0.497 e. The molecule has 0 saturated carbocycles. The van der Waals surface area contributed by atoms with Crippen LogP contribution in [0.4, 0.5) is 0 Å². The minimum Gasteiger partial charge on any atom is -0.497 e. The first-order chi connectivity index (χ1) is 12.9. The molecule has 0 unspecified atom stereocenters. The highest BCUT2D eigenvalue weighted by molar-refractivity contribution is 5.33. The van der Waals surface area contributed by atoms with E-state index < -0.39 is 0 Å². The highest BCUT2D eigenvalue weighted by atomic mass is 16.5. The van der Waals surface area contributed by atoms with Crippen molar-refractivity contribution in [3.8, 4) is 5.75 Å². The number of nitrogens with two attached hydrogens (primary N) is 1. The van der Waals surface area contributed by atoms with Gasteiger partial charge in [0.25, 0.3) is 0 Å². The Bertz CT molecular complexity index is 711. The number of rotatable bonds is 7. The van der Waals surface area contributed by atoms with Crippen LogP contribution in [-0.2, 0) is 10.2 Å². The molecule has 0 aliphatic carbocycles. The molecule has 146 valence electrons. The van der Waals surface area contributed by atoms with Crippen molar-refractivity contribution in [3.05, 3.63) is 65.7 Å². The standard InChI is InChI=1S/C24H33NO2/c1-19(20-8-6-5-7-9-20)25-16-14-24(15-17-27-23(2,3)18-24)21-10-12-22(26-4)13-11-21/h5-13,19,25H,14-18H2,1-4H3/p+1/t19-,24+/m1/s1. The van der Waals surface area contributed by atoms with Crippen molar-refractivity contribution in [3.63, 3.8) is 0 Å². The molecule has 0 spiro atoms. The van der Waals surface area contributed by atoms with Gasteiger partial charge in [-0.25, -0.2) is 0 Å². The van der Waals surface area contributed by atoms with Crippen molar-refractivity contribution >= 4 is 0 Å². The molecule has 0 amide bonds. The van der Waals surface area contributed by atoms with Gasteiger partial charge in [0.1, 0.15) is 11.8 Å². The van der Waals surface area contributed by atoms with E-state index in [4.69, 9.17) is 9.47 Å². The quantitative estimate of drug-likeness (QED) is 0.793. The highest BCUT2D eigenvalue weighted by Crippen LogP contribution is 2.44. The zero-order chi connectivity index (χ0) is 19.3. The minimum atomic E-state index is -0.0801. The number of methoxy groups -OCH3 is 1. The second-order valence-electron chi connectivity index (χ2n) is 8.52. The summed E-state index contributed by atoms with van der Waals surface area (Å²) in [5, 5.41) is 2.48. The van der Waals surface area contributed by atoms with Crippen LogP contribution in [0.15, 0.2) is 54.6 Å². The fraction of sp³-hybridized carbons (Fsp3) is 0.500. The van der Waals surface area contributed by atoms with Crippen LogP contribution in [0.3, 0.4) is 0 Å². The Morgan fingerprint density at radius 1 is 1.07 bits per heavy atom. The van der Waals surface area contributed by atoms with E-state index in [1.807, 2.05) is 0 Å². The van der Waals surface area contributed by atoms with Gasteiger partial charge in [0.15, 0.2) is 0 Å².